The Balaban J connectivity index is 1.77. The first kappa shape index (κ1) is 25.6. The van der Waals surface area contributed by atoms with Crippen LogP contribution < -0.4 is 9.64 Å². The van der Waals surface area contributed by atoms with Gasteiger partial charge in [-0.1, -0.05) is 72.5 Å². The van der Waals surface area contributed by atoms with E-state index in [1.54, 1.807) is 37.3 Å². The Bertz CT molecular complexity index is 1410. The van der Waals surface area contributed by atoms with Gasteiger partial charge in [0.2, 0.25) is 0 Å². The summed E-state index contributed by atoms with van der Waals surface area (Å²) in [5.41, 5.74) is 1.61. The van der Waals surface area contributed by atoms with Crippen LogP contribution in [0.25, 0.3) is 6.08 Å². The highest BCUT2D eigenvalue weighted by atomic mass is 32.1. The van der Waals surface area contributed by atoms with Crippen molar-refractivity contribution in [1.29, 1.82) is 0 Å². The maximum atomic E-state index is 13.3. The molecule has 0 spiro atoms. The molecule has 1 aromatic heterocycles. The van der Waals surface area contributed by atoms with Crippen LogP contribution >= 0.6 is 11.3 Å². The first-order valence-corrected chi connectivity index (χ1v) is 12.1. The van der Waals surface area contributed by atoms with E-state index in [0.29, 0.717) is 17.0 Å². The summed E-state index contributed by atoms with van der Waals surface area (Å²) in [5.74, 6) is -2.02. The van der Waals surface area contributed by atoms with E-state index in [0.717, 1.165) is 16.9 Å². The quantitative estimate of drug-likeness (QED) is 0.243. The molecule has 1 aliphatic rings. The van der Waals surface area contributed by atoms with E-state index in [9.17, 15) is 19.5 Å². The maximum Gasteiger partial charge on any atom is 0.350 e. The largest absolute Gasteiger partial charge is 0.503 e. The number of methoxy groups -OCH3 is 1. The third-order valence-electron chi connectivity index (χ3n) is 5.64. The van der Waals surface area contributed by atoms with Gasteiger partial charge in [-0.15, -0.1) is 0 Å². The third kappa shape index (κ3) is 5.22. The minimum atomic E-state index is -0.978. The Morgan fingerprint density at radius 3 is 2.51 bits per heavy atom. The molecule has 0 bridgehead atoms. The number of ether oxygens (including phenoxy) is 2. The van der Waals surface area contributed by atoms with Crippen LogP contribution in [0.15, 0.2) is 84.7 Å². The maximum absolute atomic E-state index is 13.3. The number of aliphatic hydroxyl groups is 1. The minimum Gasteiger partial charge on any atom is -0.503 e. The number of aromatic nitrogens is 1. The average molecular weight is 517 g/mol. The van der Waals surface area contributed by atoms with Crippen LogP contribution in [0.3, 0.4) is 0 Å². The van der Waals surface area contributed by atoms with Crippen molar-refractivity contribution in [2.45, 2.75) is 13.0 Å². The standard InChI is InChI=1S/C28H24N2O6S/c1-4-16-36-27(34)25-17(2)29-28(37-25)30-23(19-11-13-20(35-3)14-12-19)22(24(32)26(30)33)21(31)15-10-18-8-6-5-7-9-18/h4-15,23,32H,1,16H2,2-3H3. The predicted octanol–water partition coefficient (Wildman–Crippen LogP) is 4.99. The van der Waals surface area contributed by atoms with Gasteiger partial charge < -0.3 is 14.6 Å². The highest BCUT2D eigenvalue weighted by molar-refractivity contribution is 7.17. The van der Waals surface area contributed by atoms with E-state index >= 15 is 0 Å². The molecule has 0 saturated heterocycles. The van der Waals surface area contributed by atoms with Crippen LogP contribution in [0.1, 0.15) is 32.5 Å². The number of nitrogens with zero attached hydrogens (tertiary/aromatic N) is 2. The number of hydrogen-bond acceptors (Lipinski definition) is 8. The molecule has 0 saturated carbocycles. The van der Waals surface area contributed by atoms with Gasteiger partial charge >= 0.3 is 5.97 Å². The average Bonchev–Trinajstić information content (AvgIpc) is 3.43. The number of ketones is 1. The SMILES string of the molecule is C=CCOC(=O)c1sc(N2C(=O)C(O)=C(C(=O)C=Cc3ccccc3)C2c2ccc(OC)cc2)nc1C. The van der Waals surface area contributed by atoms with Crippen molar-refractivity contribution in [2.75, 3.05) is 18.6 Å². The highest BCUT2D eigenvalue weighted by Crippen LogP contribution is 2.43. The second-order valence-electron chi connectivity index (χ2n) is 8.02. The van der Waals surface area contributed by atoms with Crippen molar-refractivity contribution in [3.63, 3.8) is 0 Å². The van der Waals surface area contributed by atoms with E-state index in [2.05, 4.69) is 11.6 Å². The number of thiazole rings is 1. The zero-order chi connectivity index (χ0) is 26.5. The first-order chi connectivity index (χ1) is 17.8. The molecule has 0 fully saturated rings. The molecule has 2 aromatic carbocycles. The molecule has 8 nitrogen and oxygen atoms in total. The van der Waals surface area contributed by atoms with Gasteiger partial charge in [0.1, 0.15) is 17.2 Å². The van der Waals surface area contributed by atoms with E-state index in [1.165, 1.54) is 24.2 Å². The topological polar surface area (TPSA) is 106 Å². The van der Waals surface area contributed by atoms with Crippen molar-refractivity contribution in [3.05, 3.63) is 106 Å². The van der Waals surface area contributed by atoms with E-state index < -0.39 is 29.5 Å². The normalized spacial score (nSPS) is 15.4. The molecule has 37 heavy (non-hydrogen) atoms. The van der Waals surface area contributed by atoms with Crippen LogP contribution in [0.4, 0.5) is 5.13 Å². The first-order valence-electron chi connectivity index (χ1n) is 11.3. The monoisotopic (exact) mass is 516 g/mol. The summed E-state index contributed by atoms with van der Waals surface area (Å²) < 4.78 is 10.4. The fraction of sp³-hybridized carbons (Fsp3) is 0.143. The molecular weight excluding hydrogens is 492 g/mol. The Kier molecular flexibility index (Phi) is 7.64. The summed E-state index contributed by atoms with van der Waals surface area (Å²) in [6.07, 6.45) is 4.38. The minimum absolute atomic E-state index is 0.0252. The lowest BCUT2D eigenvalue weighted by molar-refractivity contribution is -0.117. The number of aryl methyl sites for hydroxylation is 1. The van der Waals surface area contributed by atoms with Gasteiger partial charge in [-0.3, -0.25) is 14.5 Å². The van der Waals surface area contributed by atoms with Gasteiger partial charge in [-0.2, -0.15) is 0 Å². The third-order valence-corrected chi connectivity index (χ3v) is 6.78. The van der Waals surface area contributed by atoms with Gasteiger partial charge in [0.05, 0.1) is 24.4 Å². The molecule has 0 aliphatic carbocycles. The molecule has 1 atom stereocenters. The number of hydrogen-bond donors (Lipinski definition) is 1. The lowest BCUT2D eigenvalue weighted by atomic mass is 9.95. The summed E-state index contributed by atoms with van der Waals surface area (Å²) in [6.45, 7) is 5.17. The van der Waals surface area contributed by atoms with Crippen LogP contribution in [0.5, 0.6) is 5.75 Å². The van der Waals surface area contributed by atoms with Crippen LogP contribution in [0.2, 0.25) is 0 Å². The molecule has 1 amide bonds. The summed E-state index contributed by atoms with van der Waals surface area (Å²) in [7, 11) is 1.53. The summed E-state index contributed by atoms with van der Waals surface area (Å²) in [4.78, 5) is 45.0. The van der Waals surface area contributed by atoms with Crippen LogP contribution in [0, 0.1) is 6.92 Å². The Hall–Kier alpha value is -4.50. The summed E-state index contributed by atoms with van der Waals surface area (Å²) >= 11 is 0.945. The molecule has 1 aliphatic heterocycles. The fourth-order valence-electron chi connectivity index (χ4n) is 3.86. The second-order valence-corrected chi connectivity index (χ2v) is 9.00. The van der Waals surface area contributed by atoms with Gasteiger partial charge in [-0.05, 0) is 36.3 Å². The molecule has 3 aromatic rings. The number of esters is 1. The number of carbonyl (C=O) groups is 3. The molecule has 9 heteroatoms. The number of anilines is 1. The Morgan fingerprint density at radius 1 is 1.16 bits per heavy atom. The highest BCUT2D eigenvalue weighted by Gasteiger charge is 2.45. The van der Waals surface area contributed by atoms with Crippen LogP contribution in [-0.2, 0) is 14.3 Å². The van der Waals surface area contributed by atoms with Crippen molar-refractivity contribution >= 4 is 40.2 Å². The van der Waals surface area contributed by atoms with Gasteiger partial charge in [0.25, 0.3) is 5.91 Å². The summed E-state index contributed by atoms with van der Waals surface area (Å²) in [5, 5.41) is 11.0. The van der Waals surface area contributed by atoms with E-state index in [-0.39, 0.29) is 22.2 Å². The Morgan fingerprint density at radius 2 is 1.86 bits per heavy atom. The number of rotatable bonds is 9. The summed E-state index contributed by atoms with van der Waals surface area (Å²) in [6, 6.07) is 15.0. The predicted molar refractivity (Wildman–Crippen MR) is 141 cm³/mol. The van der Waals surface area contributed by atoms with Crippen LogP contribution in [-0.4, -0.2) is 41.5 Å². The van der Waals surface area contributed by atoms with Crippen molar-refractivity contribution in [2.24, 2.45) is 0 Å². The molecule has 2 heterocycles. The second kappa shape index (κ2) is 11.0. The van der Waals surface area contributed by atoms with Crippen molar-refractivity contribution in [1.82, 2.24) is 4.98 Å². The van der Waals surface area contributed by atoms with E-state index in [4.69, 9.17) is 9.47 Å². The number of amides is 1. The lowest BCUT2D eigenvalue weighted by Gasteiger charge is -2.24. The number of aliphatic hydroxyl groups excluding tert-OH is 1. The lowest BCUT2D eigenvalue weighted by Crippen LogP contribution is -2.30. The van der Waals surface area contributed by atoms with Gasteiger partial charge in [-0.25, -0.2) is 9.78 Å². The number of carbonyl (C=O) groups excluding carboxylic acids is 3. The molecular formula is C28H24N2O6S. The molecule has 1 unspecified atom stereocenters. The molecule has 188 valence electrons. The number of benzene rings is 2. The van der Waals surface area contributed by atoms with E-state index in [1.807, 2.05) is 30.3 Å². The smallest absolute Gasteiger partial charge is 0.350 e. The van der Waals surface area contributed by atoms with Crippen molar-refractivity contribution in [3.8, 4) is 5.75 Å². The zero-order valence-electron chi connectivity index (χ0n) is 20.2. The molecule has 1 N–H and O–H groups in total. The van der Waals surface area contributed by atoms with Crippen molar-refractivity contribution < 1.29 is 29.0 Å². The van der Waals surface area contributed by atoms with Gasteiger partial charge in [0.15, 0.2) is 16.7 Å². The molecule has 4 rings (SSSR count). The Labute approximate surface area is 217 Å². The zero-order valence-corrected chi connectivity index (χ0v) is 21.0. The fourth-order valence-corrected chi connectivity index (χ4v) is 4.84. The van der Waals surface area contributed by atoms with Gasteiger partial charge in [0, 0.05) is 0 Å². The number of allylic oxidation sites excluding steroid dienone is 1. The molecule has 0 radical (unpaired) electrons.